The van der Waals surface area contributed by atoms with Gasteiger partial charge in [-0.25, -0.2) is 9.97 Å². The van der Waals surface area contributed by atoms with Gasteiger partial charge in [-0.1, -0.05) is 13.3 Å². The van der Waals surface area contributed by atoms with Crippen LogP contribution in [0.25, 0.3) is 0 Å². The lowest BCUT2D eigenvalue weighted by Gasteiger charge is -2.08. The molecule has 1 aliphatic heterocycles. The highest BCUT2D eigenvalue weighted by molar-refractivity contribution is 5.29. The van der Waals surface area contributed by atoms with Crippen LogP contribution in [0.2, 0.25) is 0 Å². The first-order valence-corrected chi connectivity index (χ1v) is 6.45. The molecule has 2 heterocycles. The first-order chi connectivity index (χ1) is 7.86. The van der Waals surface area contributed by atoms with Crippen LogP contribution < -0.4 is 5.32 Å². The monoisotopic (exact) mass is 217 g/mol. The normalized spacial score (nSPS) is 18.8. The van der Waals surface area contributed by atoms with E-state index in [0.717, 1.165) is 37.7 Å². The number of nitrogens with zero attached hydrogens (tertiary/aromatic N) is 2. The van der Waals surface area contributed by atoms with Crippen molar-refractivity contribution in [2.75, 3.05) is 0 Å². The van der Waals surface area contributed by atoms with Crippen LogP contribution in [0.3, 0.4) is 0 Å². The minimum absolute atomic E-state index is 0.877. The highest BCUT2D eigenvalue weighted by Gasteiger charge is 2.25. The van der Waals surface area contributed by atoms with Gasteiger partial charge in [0.15, 0.2) is 0 Å². The van der Waals surface area contributed by atoms with E-state index in [4.69, 9.17) is 9.97 Å². The lowest BCUT2D eigenvalue weighted by Crippen LogP contribution is -2.06. The second-order valence-electron chi connectivity index (χ2n) is 5.01. The Morgan fingerprint density at radius 3 is 2.88 bits per heavy atom. The number of hydrogen-bond acceptors (Lipinski definition) is 3. The van der Waals surface area contributed by atoms with Crippen molar-refractivity contribution >= 4 is 0 Å². The zero-order valence-electron chi connectivity index (χ0n) is 9.92. The van der Waals surface area contributed by atoms with Crippen molar-refractivity contribution in [1.29, 1.82) is 0 Å². The smallest absolute Gasteiger partial charge is 0.129 e. The topological polar surface area (TPSA) is 37.8 Å². The summed E-state index contributed by atoms with van der Waals surface area (Å²) in [5.74, 6) is 1.97. The van der Waals surface area contributed by atoms with Crippen LogP contribution in [0.1, 0.15) is 49.0 Å². The molecule has 3 nitrogen and oxygen atoms in total. The van der Waals surface area contributed by atoms with Gasteiger partial charge in [0.25, 0.3) is 0 Å². The lowest BCUT2D eigenvalue weighted by molar-refractivity contribution is 0.734. The number of aromatic nitrogens is 2. The zero-order chi connectivity index (χ0) is 11.0. The fraction of sp³-hybridized carbons (Fsp3) is 0.692. The average Bonchev–Trinajstić information content (AvgIpc) is 2.95. The molecule has 0 aromatic carbocycles. The molecule has 16 heavy (non-hydrogen) atoms. The summed E-state index contributed by atoms with van der Waals surface area (Å²) < 4.78 is 0. The fourth-order valence-corrected chi connectivity index (χ4v) is 2.41. The van der Waals surface area contributed by atoms with Gasteiger partial charge in [-0.05, 0) is 25.2 Å². The van der Waals surface area contributed by atoms with Crippen LogP contribution in [0.5, 0.6) is 0 Å². The molecule has 86 valence electrons. The molecule has 3 heteroatoms. The molecule has 2 aliphatic rings. The van der Waals surface area contributed by atoms with E-state index in [1.807, 2.05) is 0 Å². The second kappa shape index (κ2) is 4.13. The Labute approximate surface area is 96.7 Å². The van der Waals surface area contributed by atoms with Crippen molar-refractivity contribution in [3.05, 3.63) is 22.8 Å². The summed E-state index contributed by atoms with van der Waals surface area (Å²) in [4.78, 5) is 9.47. The van der Waals surface area contributed by atoms with Gasteiger partial charge in [0, 0.05) is 30.8 Å². The Balaban J connectivity index is 1.91. The number of rotatable bonds is 4. The highest BCUT2D eigenvalue weighted by Crippen LogP contribution is 2.32. The average molecular weight is 217 g/mol. The van der Waals surface area contributed by atoms with E-state index in [0.29, 0.717) is 0 Å². The van der Waals surface area contributed by atoms with E-state index in [-0.39, 0.29) is 0 Å². The molecule has 0 amide bonds. The van der Waals surface area contributed by atoms with E-state index in [9.17, 15) is 0 Å². The minimum atomic E-state index is 0.877. The molecule has 0 saturated heterocycles. The molecule has 1 saturated carbocycles. The van der Waals surface area contributed by atoms with Crippen molar-refractivity contribution in [2.45, 2.75) is 52.1 Å². The summed E-state index contributed by atoms with van der Waals surface area (Å²) in [5.41, 5.74) is 3.93. The standard InChI is InChI=1S/C13H19N3/c1-2-3-11-10-7-14-8-12(10)16-13(15-11)6-9-4-5-9/h9,14H,2-8H2,1H3. The Kier molecular flexibility index (Phi) is 2.64. The third-order valence-corrected chi connectivity index (χ3v) is 3.47. The van der Waals surface area contributed by atoms with Gasteiger partial charge in [-0.15, -0.1) is 0 Å². The summed E-state index contributed by atoms with van der Waals surface area (Å²) >= 11 is 0. The van der Waals surface area contributed by atoms with Gasteiger partial charge < -0.3 is 5.32 Å². The van der Waals surface area contributed by atoms with Crippen LogP contribution in [-0.4, -0.2) is 9.97 Å². The number of nitrogens with one attached hydrogen (secondary N) is 1. The van der Waals surface area contributed by atoms with Gasteiger partial charge in [0.1, 0.15) is 5.82 Å². The molecule has 3 rings (SSSR count). The summed E-state index contributed by atoms with van der Waals surface area (Å²) in [5, 5.41) is 3.38. The van der Waals surface area contributed by atoms with Crippen LogP contribution in [0.15, 0.2) is 0 Å². The maximum atomic E-state index is 4.76. The second-order valence-corrected chi connectivity index (χ2v) is 5.01. The lowest BCUT2D eigenvalue weighted by atomic mass is 10.1. The molecule has 0 unspecified atom stereocenters. The van der Waals surface area contributed by atoms with Gasteiger partial charge >= 0.3 is 0 Å². The highest BCUT2D eigenvalue weighted by atomic mass is 15.0. The molecule has 1 aliphatic carbocycles. The molecule has 1 aromatic heterocycles. The van der Waals surface area contributed by atoms with E-state index in [2.05, 4.69) is 12.2 Å². The zero-order valence-corrected chi connectivity index (χ0v) is 9.92. The third kappa shape index (κ3) is 1.96. The number of fused-ring (bicyclic) bond motifs is 1. The number of hydrogen-bond donors (Lipinski definition) is 1. The molecule has 0 atom stereocenters. The van der Waals surface area contributed by atoms with Crippen molar-refractivity contribution in [1.82, 2.24) is 15.3 Å². The van der Waals surface area contributed by atoms with E-state index < -0.39 is 0 Å². The van der Waals surface area contributed by atoms with Crippen LogP contribution in [-0.2, 0) is 25.9 Å². The molecule has 0 bridgehead atoms. The van der Waals surface area contributed by atoms with E-state index >= 15 is 0 Å². The van der Waals surface area contributed by atoms with E-state index in [1.54, 1.807) is 0 Å². The maximum Gasteiger partial charge on any atom is 0.129 e. The molecule has 1 N–H and O–H groups in total. The third-order valence-electron chi connectivity index (χ3n) is 3.47. The number of aryl methyl sites for hydroxylation is 1. The molecule has 0 spiro atoms. The summed E-state index contributed by atoms with van der Waals surface area (Å²) in [6.07, 6.45) is 6.13. The van der Waals surface area contributed by atoms with Gasteiger partial charge in [0.2, 0.25) is 0 Å². The minimum Gasteiger partial charge on any atom is -0.307 e. The maximum absolute atomic E-state index is 4.76. The van der Waals surface area contributed by atoms with Gasteiger partial charge in [0.05, 0.1) is 5.69 Å². The summed E-state index contributed by atoms with van der Waals surface area (Å²) in [6.45, 7) is 4.12. The SMILES string of the molecule is CCCc1nc(CC2CC2)nc2c1CNC2. The van der Waals surface area contributed by atoms with Crippen LogP contribution >= 0.6 is 0 Å². The molecular weight excluding hydrogens is 198 g/mol. The molecule has 1 aromatic rings. The van der Waals surface area contributed by atoms with Crippen molar-refractivity contribution in [3.8, 4) is 0 Å². The van der Waals surface area contributed by atoms with Gasteiger partial charge in [-0.2, -0.15) is 0 Å². The Morgan fingerprint density at radius 2 is 2.12 bits per heavy atom. The predicted octanol–water partition coefficient (Wildman–Crippen LogP) is 1.98. The Bertz CT molecular complexity index is 396. The molecule has 0 radical (unpaired) electrons. The Hall–Kier alpha value is -0.960. The predicted molar refractivity (Wildman–Crippen MR) is 63.0 cm³/mol. The van der Waals surface area contributed by atoms with Crippen molar-refractivity contribution in [3.63, 3.8) is 0 Å². The van der Waals surface area contributed by atoms with Crippen LogP contribution in [0.4, 0.5) is 0 Å². The Morgan fingerprint density at radius 1 is 1.25 bits per heavy atom. The van der Waals surface area contributed by atoms with Crippen molar-refractivity contribution < 1.29 is 0 Å². The van der Waals surface area contributed by atoms with Crippen molar-refractivity contribution in [2.24, 2.45) is 5.92 Å². The van der Waals surface area contributed by atoms with Gasteiger partial charge in [-0.3, -0.25) is 0 Å². The fourth-order valence-electron chi connectivity index (χ4n) is 2.41. The first kappa shape index (κ1) is 10.2. The quantitative estimate of drug-likeness (QED) is 0.838. The molecule has 1 fully saturated rings. The summed E-state index contributed by atoms with van der Waals surface area (Å²) in [7, 11) is 0. The largest absolute Gasteiger partial charge is 0.307 e. The summed E-state index contributed by atoms with van der Waals surface area (Å²) in [6, 6.07) is 0. The molecular formula is C13H19N3. The van der Waals surface area contributed by atoms with Crippen LogP contribution in [0, 0.1) is 5.92 Å². The van der Waals surface area contributed by atoms with E-state index in [1.165, 1.54) is 36.2 Å². The first-order valence-electron chi connectivity index (χ1n) is 6.45.